The van der Waals surface area contributed by atoms with Crippen LogP contribution in [0.3, 0.4) is 0 Å². The lowest BCUT2D eigenvalue weighted by Crippen LogP contribution is -2.32. The van der Waals surface area contributed by atoms with Gasteiger partial charge in [-0.05, 0) is 13.8 Å². The summed E-state index contributed by atoms with van der Waals surface area (Å²) in [5, 5.41) is 0. The van der Waals surface area contributed by atoms with E-state index in [1.807, 2.05) is 30.3 Å². The average molecular weight is 359 g/mol. The van der Waals surface area contributed by atoms with Crippen molar-refractivity contribution in [3.8, 4) is 11.4 Å². The molecule has 0 aliphatic heterocycles. The van der Waals surface area contributed by atoms with E-state index in [4.69, 9.17) is 9.47 Å². The second kappa shape index (κ2) is 8.75. The van der Waals surface area contributed by atoms with Gasteiger partial charge in [0.2, 0.25) is 11.9 Å². The third-order valence-corrected chi connectivity index (χ3v) is 3.33. The van der Waals surface area contributed by atoms with E-state index in [2.05, 4.69) is 15.0 Å². The molecular formula is C17H21N5O4. The normalized spacial score (nSPS) is 10.2. The molecule has 0 aliphatic carbocycles. The molecule has 138 valence electrons. The lowest BCUT2D eigenvalue weighted by Gasteiger charge is -2.19. The van der Waals surface area contributed by atoms with Crippen LogP contribution in [0.15, 0.2) is 30.3 Å². The number of benzene rings is 1. The number of hydrogen-bond acceptors (Lipinski definition) is 7. The third-order valence-electron chi connectivity index (χ3n) is 3.33. The molecule has 1 aromatic carbocycles. The van der Waals surface area contributed by atoms with Gasteiger partial charge in [-0.3, -0.25) is 0 Å². The molecule has 0 radical (unpaired) electrons. The third kappa shape index (κ3) is 4.44. The summed E-state index contributed by atoms with van der Waals surface area (Å²) in [7, 11) is 2.96. The van der Waals surface area contributed by atoms with Gasteiger partial charge in [0.25, 0.3) is 0 Å². The summed E-state index contributed by atoms with van der Waals surface area (Å²) < 4.78 is 9.94. The highest BCUT2D eigenvalue weighted by Gasteiger charge is 2.22. The predicted octanol–water partition coefficient (Wildman–Crippen LogP) is 2.72. The van der Waals surface area contributed by atoms with Gasteiger partial charge in [-0.25, -0.2) is 19.4 Å². The van der Waals surface area contributed by atoms with Crippen LogP contribution in [0.1, 0.15) is 13.8 Å². The number of anilines is 2. The SMILES string of the molecule is CCOC(=O)N(C)c1nc(-c2ccccc2)nc(N(C)C(=O)OCC)n1. The number of amides is 2. The molecule has 0 saturated heterocycles. The number of nitrogens with zero attached hydrogens (tertiary/aromatic N) is 5. The van der Waals surface area contributed by atoms with E-state index in [1.165, 1.54) is 14.1 Å². The van der Waals surface area contributed by atoms with Crippen molar-refractivity contribution in [2.75, 3.05) is 37.1 Å². The Hall–Kier alpha value is -3.23. The van der Waals surface area contributed by atoms with E-state index in [0.717, 1.165) is 9.80 Å². The smallest absolute Gasteiger partial charge is 0.416 e. The molecule has 2 aromatic rings. The van der Waals surface area contributed by atoms with E-state index in [0.29, 0.717) is 11.4 Å². The van der Waals surface area contributed by atoms with E-state index in [9.17, 15) is 9.59 Å². The fourth-order valence-electron chi connectivity index (χ4n) is 1.97. The first-order chi connectivity index (χ1) is 12.5. The molecule has 0 aliphatic rings. The molecule has 0 saturated carbocycles. The predicted molar refractivity (Wildman–Crippen MR) is 96.1 cm³/mol. The summed E-state index contributed by atoms with van der Waals surface area (Å²) >= 11 is 0. The summed E-state index contributed by atoms with van der Waals surface area (Å²) in [6.07, 6.45) is -1.22. The van der Waals surface area contributed by atoms with Crippen LogP contribution in [0.5, 0.6) is 0 Å². The number of carbonyl (C=O) groups excluding carboxylic acids is 2. The molecule has 0 atom stereocenters. The van der Waals surface area contributed by atoms with Gasteiger partial charge in [0.1, 0.15) is 0 Å². The molecule has 2 rings (SSSR count). The van der Waals surface area contributed by atoms with Crippen LogP contribution in [-0.4, -0.2) is 54.4 Å². The Labute approximate surface area is 151 Å². The maximum Gasteiger partial charge on any atom is 0.416 e. The molecule has 26 heavy (non-hydrogen) atoms. The maximum absolute atomic E-state index is 12.0. The molecule has 0 bridgehead atoms. The Morgan fingerprint density at radius 2 is 1.31 bits per heavy atom. The minimum absolute atomic E-state index is 0.0588. The molecule has 0 fully saturated rings. The van der Waals surface area contributed by atoms with Crippen molar-refractivity contribution in [3.05, 3.63) is 30.3 Å². The maximum atomic E-state index is 12.0. The van der Waals surface area contributed by atoms with Crippen LogP contribution >= 0.6 is 0 Å². The second-order valence-electron chi connectivity index (χ2n) is 5.14. The molecule has 9 nitrogen and oxygen atoms in total. The van der Waals surface area contributed by atoms with Crippen molar-refractivity contribution in [2.45, 2.75) is 13.8 Å². The lowest BCUT2D eigenvalue weighted by molar-refractivity contribution is 0.160. The molecule has 2 amide bonds. The van der Waals surface area contributed by atoms with Gasteiger partial charge in [-0.1, -0.05) is 30.3 Å². The minimum atomic E-state index is -0.609. The van der Waals surface area contributed by atoms with Gasteiger partial charge in [-0.2, -0.15) is 15.0 Å². The van der Waals surface area contributed by atoms with Gasteiger partial charge in [0.05, 0.1) is 13.2 Å². The summed E-state index contributed by atoms with van der Waals surface area (Å²) in [6.45, 7) is 3.84. The minimum Gasteiger partial charge on any atom is -0.449 e. The van der Waals surface area contributed by atoms with E-state index >= 15 is 0 Å². The zero-order valence-corrected chi connectivity index (χ0v) is 15.2. The van der Waals surface area contributed by atoms with Crippen molar-refractivity contribution in [2.24, 2.45) is 0 Å². The number of ether oxygens (including phenoxy) is 2. The Kier molecular flexibility index (Phi) is 6.42. The molecule has 1 aromatic heterocycles. The molecule has 1 heterocycles. The highest BCUT2D eigenvalue weighted by molar-refractivity contribution is 5.87. The number of rotatable bonds is 5. The summed E-state index contributed by atoms with van der Waals surface area (Å²) in [4.78, 5) is 39.2. The van der Waals surface area contributed by atoms with Gasteiger partial charge in [0.15, 0.2) is 5.82 Å². The van der Waals surface area contributed by atoms with Gasteiger partial charge in [0, 0.05) is 19.7 Å². The van der Waals surface area contributed by atoms with Gasteiger partial charge < -0.3 is 9.47 Å². The van der Waals surface area contributed by atoms with Crippen LogP contribution in [0.4, 0.5) is 21.5 Å². The molecule has 9 heteroatoms. The molecule has 0 unspecified atom stereocenters. The van der Waals surface area contributed by atoms with E-state index in [1.54, 1.807) is 13.8 Å². The lowest BCUT2D eigenvalue weighted by atomic mass is 10.2. The zero-order valence-electron chi connectivity index (χ0n) is 15.2. The zero-order chi connectivity index (χ0) is 19.1. The molecule has 0 spiro atoms. The Morgan fingerprint density at radius 3 is 1.73 bits per heavy atom. The van der Waals surface area contributed by atoms with Crippen molar-refractivity contribution in [1.29, 1.82) is 0 Å². The van der Waals surface area contributed by atoms with Crippen LogP contribution in [0.2, 0.25) is 0 Å². The fourth-order valence-corrected chi connectivity index (χ4v) is 1.97. The highest BCUT2D eigenvalue weighted by atomic mass is 16.6. The van der Waals surface area contributed by atoms with Crippen molar-refractivity contribution in [3.63, 3.8) is 0 Å². The highest BCUT2D eigenvalue weighted by Crippen LogP contribution is 2.21. The summed E-state index contributed by atoms with van der Waals surface area (Å²) in [6, 6.07) is 9.17. The van der Waals surface area contributed by atoms with Gasteiger partial charge >= 0.3 is 12.2 Å². The number of hydrogen-bond donors (Lipinski definition) is 0. The first-order valence-electron chi connectivity index (χ1n) is 8.10. The number of aromatic nitrogens is 3. The largest absolute Gasteiger partial charge is 0.449 e. The second-order valence-corrected chi connectivity index (χ2v) is 5.14. The summed E-state index contributed by atoms with van der Waals surface area (Å²) in [5.41, 5.74) is 0.715. The first-order valence-corrected chi connectivity index (χ1v) is 8.10. The topological polar surface area (TPSA) is 97.8 Å². The van der Waals surface area contributed by atoms with Crippen molar-refractivity contribution < 1.29 is 19.1 Å². The van der Waals surface area contributed by atoms with Crippen molar-refractivity contribution in [1.82, 2.24) is 15.0 Å². The first kappa shape index (κ1) is 19.1. The summed E-state index contributed by atoms with van der Waals surface area (Å²) in [5.74, 6) is 0.435. The Balaban J connectivity index is 2.49. The molecule has 0 N–H and O–H groups in total. The Bertz CT molecular complexity index is 727. The van der Waals surface area contributed by atoms with Gasteiger partial charge in [-0.15, -0.1) is 0 Å². The Morgan fingerprint density at radius 1 is 0.846 bits per heavy atom. The van der Waals surface area contributed by atoms with E-state index in [-0.39, 0.29) is 25.1 Å². The molecular weight excluding hydrogens is 338 g/mol. The fraction of sp³-hybridized carbons (Fsp3) is 0.353. The average Bonchev–Trinajstić information content (AvgIpc) is 2.67. The van der Waals surface area contributed by atoms with Crippen LogP contribution in [0, 0.1) is 0 Å². The van der Waals surface area contributed by atoms with Crippen LogP contribution < -0.4 is 9.80 Å². The monoisotopic (exact) mass is 359 g/mol. The quantitative estimate of drug-likeness (QED) is 0.809. The van der Waals surface area contributed by atoms with Crippen LogP contribution in [-0.2, 0) is 9.47 Å². The standard InChI is InChI=1S/C17H21N5O4/c1-5-25-16(23)21(3)14-18-13(12-10-8-7-9-11-12)19-15(20-14)22(4)17(24)26-6-2/h7-11H,5-6H2,1-4H3. The van der Waals surface area contributed by atoms with Crippen LogP contribution in [0.25, 0.3) is 11.4 Å². The number of carbonyl (C=O) groups is 2. The van der Waals surface area contributed by atoms with E-state index < -0.39 is 12.2 Å². The van der Waals surface area contributed by atoms with Crippen molar-refractivity contribution >= 4 is 24.1 Å².